The van der Waals surface area contributed by atoms with E-state index in [4.69, 9.17) is 11.6 Å². The third-order valence-corrected chi connectivity index (χ3v) is 3.14. The second-order valence-electron chi connectivity index (χ2n) is 4.29. The van der Waals surface area contributed by atoms with E-state index in [0.717, 1.165) is 11.3 Å². The van der Waals surface area contributed by atoms with Crippen molar-refractivity contribution in [3.05, 3.63) is 58.9 Å². The van der Waals surface area contributed by atoms with Gasteiger partial charge >= 0.3 is 6.09 Å². The predicted octanol–water partition coefficient (Wildman–Crippen LogP) is 4.27. The summed E-state index contributed by atoms with van der Waals surface area (Å²) in [6.07, 6.45) is -0.534. The van der Waals surface area contributed by atoms with Crippen molar-refractivity contribution < 1.29 is 13.9 Å². The molecule has 0 fully saturated rings. The summed E-state index contributed by atoms with van der Waals surface area (Å²) in [5, 5.41) is 6.09. The molecule has 0 radical (unpaired) electrons. The van der Waals surface area contributed by atoms with E-state index in [-0.39, 0.29) is 5.82 Å². The lowest BCUT2D eigenvalue weighted by Gasteiger charge is -2.10. The van der Waals surface area contributed by atoms with E-state index in [1.165, 1.54) is 19.2 Å². The SMILES string of the molecule is COC(=O)Nc1cccc(NCc2ccc(F)cc2Cl)c1. The van der Waals surface area contributed by atoms with Gasteiger partial charge in [0.25, 0.3) is 0 Å². The first-order chi connectivity index (χ1) is 10.1. The van der Waals surface area contributed by atoms with Gasteiger partial charge in [0.05, 0.1) is 7.11 Å². The van der Waals surface area contributed by atoms with Crippen LogP contribution in [0.1, 0.15) is 5.56 Å². The highest BCUT2D eigenvalue weighted by atomic mass is 35.5. The molecule has 0 aromatic heterocycles. The summed E-state index contributed by atoms with van der Waals surface area (Å²) >= 11 is 5.96. The highest BCUT2D eigenvalue weighted by molar-refractivity contribution is 6.31. The van der Waals surface area contributed by atoms with Gasteiger partial charge in [-0.2, -0.15) is 0 Å². The number of hydrogen-bond acceptors (Lipinski definition) is 3. The summed E-state index contributed by atoms with van der Waals surface area (Å²) in [7, 11) is 1.30. The van der Waals surface area contributed by atoms with Crippen LogP contribution in [0.4, 0.5) is 20.6 Å². The molecule has 0 aliphatic rings. The number of carbonyl (C=O) groups is 1. The van der Waals surface area contributed by atoms with Crippen LogP contribution in [0.2, 0.25) is 5.02 Å². The molecular formula is C15H14ClFN2O2. The van der Waals surface area contributed by atoms with Gasteiger partial charge in [-0.15, -0.1) is 0 Å². The third kappa shape index (κ3) is 4.36. The summed E-state index contributed by atoms with van der Waals surface area (Å²) < 4.78 is 17.5. The maximum atomic E-state index is 13.0. The number of rotatable bonds is 4. The van der Waals surface area contributed by atoms with Gasteiger partial charge in [-0.3, -0.25) is 5.32 Å². The van der Waals surface area contributed by atoms with Crippen LogP contribution in [-0.4, -0.2) is 13.2 Å². The minimum absolute atomic E-state index is 0.367. The van der Waals surface area contributed by atoms with Gasteiger partial charge in [0.15, 0.2) is 0 Å². The molecule has 0 saturated heterocycles. The number of ether oxygens (including phenoxy) is 1. The van der Waals surface area contributed by atoms with Gasteiger partial charge in [-0.05, 0) is 35.9 Å². The zero-order valence-electron chi connectivity index (χ0n) is 11.3. The van der Waals surface area contributed by atoms with Crippen molar-refractivity contribution in [1.82, 2.24) is 0 Å². The average molecular weight is 309 g/mol. The predicted molar refractivity (Wildman–Crippen MR) is 81.2 cm³/mol. The Labute approximate surface area is 126 Å². The number of hydrogen-bond donors (Lipinski definition) is 2. The van der Waals surface area contributed by atoms with Crippen molar-refractivity contribution in [3.63, 3.8) is 0 Å². The normalized spacial score (nSPS) is 10.0. The lowest BCUT2D eigenvalue weighted by Crippen LogP contribution is -2.11. The first-order valence-electron chi connectivity index (χ1n) is 6.21. The van der Waals surface area contributed by atoms with Crippen molar-refractivity contribution in [2.75, 3.05) is 17.7 Å². The Morgan fingerprint density at radius 1 is 1.24 bits per heavy atom. The first-order valence-corrected chi connectivity index (χ1v) is 6.59. The quantitative estimate of drug-likeness (QED) is 0.887. The maximum Gasteiger partial charge on any atom is 0.411 e. The van der Waals surface area contributed by atoms with E-state index >= 15 is 0 Å². The molecule has 0 atom stereocenters. The average Bonchev–Trinajstić information content (AvgIpc) is 2.46. The second-order valence-corrected chi connectivity index (χ2v) is 4.69. The second kappa shape index (κ2) is 6.95. The minimum Gasteiger partial charge on any atom is -0.453 e. The Hall–Kier alpha value is -2.27. The van der Waals surface area contributed by atoms with Crippen molar-refractivity contribution in [2.45, 2.75) is 6.54 Å². The van der Waals surface area contributed by atoms with Crippen LogP contribution in [0.5, 0.6) is 0 Å². The molecule has 1 amide bonds. The Morgan fingerprint density at radius 2 is 2.00 bits per heavy atom. The molecule has 0 heterocycles. The molecule has 2 N–H and O–H groups in total. The van der Waals surface area contributed by atoms with E-state index in [9.17, 15) is 9.18 Å². The van der Waals surface area contributed by atoms with Crippen molar-refractivity contribution in [2.24, 2.45) is 0 Å². The van der Waals surface area contributed by atoms with E-state index in [0.29, 0.717) is 17.3 Å². The molecule has 21 heavy (non-hydrogen) atoms. The van der Waals surface area contributed by atoms with E-state index < -0.39 is 6.09 Å². The Bertz CT molecular complexity index is 649. The van der Waals surface area contributed by atoms with Gasteiger partial charge < -0.3 is 10.1 Å². The standard InChI is InChI=1S/C15H14ClFN2O2/c1-21-15(20)19-13-4-2-3-12(8-13)18-9-10-5-6-11(17)7-14(10)16/h2-8,18H,9H2,1H3,(H,19,20). The topological polar surface area (TPSA) is 50.4 Å². The van der Waals surface area contributed by atoms with Crippen LogP contribution in [0.15, 0.2) is 42.5 Å². The molecule has 2 aromatic carbocycles. The molecule has 2 rings (SSSR count). The Balaban J connectivity index is 2.03. The largest absolute Gasteiger partial charge is 0.453 e. The molecule has 4 nitrogen and oxygen atoms in total. The smallest absolute Gasteiger partial charge is 0.411 e. The molecule has 6 heteroatoms. The van der Waals surface area contributed by atoms with Crippen LogP contribution in [0.3, 0.4) is 0 Å². The monoisotopic (exact) mass is 308 g/mol. The fourth-order valence-electron chi connectivity index (χ4n) is 1.74. The lowest BCUT2D eigenvalue weighted by molar-refractivity contribution is 0.187. The fourth-order valence-corrected chi connectivity index (χ4v) is 1.97. The molecule has 0 unspecified atom stereocenters. The highest BCUT2D eigenvalue weighted by Crippen LogP contribution is 2.20. The van der Waals surface area contributed by atoms with Crippen LogP contribution in [0, 0.1) is 5.82 Å². The Kier molecular flexibility index (Phi) is 5.00. The number of methoxy groups -OCH3 is 1. The molecule has 0 saturated carbocycles. The van der Waals surface area contributed by atoms with Crippen molar-refractivity contribution in [1.29, 1.82) is 0 Å². The summed E-state index contributed by atoms with van der Waals surface area (Å²) in [6.45, 7) is 0.445. The molecular weight excluding hydrogens is 295 g/mol. The summed E-state index contributed by atoms with van der Waals surface area (Å²) in [5.41, 5.74) is 2.19. The number of amides is 1. The Morgan fingerprint density at radius 3 is 2.71 bits per heavy atom. The van der Waals surface area contributed by atoms with E-state index in [1.807, 2.05) is 6.07 Å². The van der Waals surface area contributed by atoms with E-state index in [2.05, 4.69) is 15.4 Å². The van der Waals surface area contributed by atoms with Crippen molar-refractivity contribution in [3.8, 4) is 0 Å². The van der Waals surface area contributed by atoms with Crippen LogP contribution in [0.25, 0.3) is 0 Å². The van der Waals surface area contributed by atoms with Gasteiger partial charge in [-0.25, -0.2) is 9.18 Å². The van der Waals surface area contributed by atoms with Crippen LogP contribution < -0.4 is 10.6 Å². The van der Waals surface area contributed by atoms with Gasteiger partial charge in [0.2, 0.25) is 0 Å². The maximum absolute atomic E-state index is 13.0. The zero-order chi connectivity index (χ0) is 15.2. The minimum atomic E-state index is -0.534. The molecule has 2 aromatic rings. The molecule has 0 aliphatic carbocycles. The van der Waals surface area contributed by atoms with Crippen LogP contribution >= 0.6 is 11.6 Å². The lowest BCUT2D eigenvalue weighted by atomic mass is 10.2. The van der Waals surface area contributed by atoms with Gasteiger partial charge in [-0.1, -0.05) is 23.7 Å². The number of carbonyl (C=O) groups excluding carboxylic acids is 1. The van der Waals surface area contributed by atoms with Gasteiger partial charge in [0, 0.05) is 22.9 Å². The number of halogens is 2. The first kappa shape index (κ1) is 15.1. The summed E-state index contributed by atoms with van der Waals surface area (Å²) in [6, 6.07) is 11.4. The number of benzene rings is 2. The fraction of sp³-hybridized carbons (Fsp3) is 0.133. The van der Waals surface area contributed by atoms with Crippen LogP contribution in [-0.2, 0) is 11.3 Å². The van der Waals surface area contributed by atoms with Crippen molar-refractivity contribution >= 4 is 29.1 Å². The zero-order valence-corrected chi connectivity index (χ0v) is 12.1. The highest BCUT2D eigenvalue weighted by Gasteiger charge is 2.04. The molecule has 110 valence electrons. The number of nitrogens with one attached hydrogen (secondary N) is 2. The summed E-state index contributed by atoms with van der Waals surface area (Å²) in [4.78, 5) is 11.1. The summed E-state index contributed by atoms with van der Waals surface area (Å²) in [5.74, 6) is -0.368. The van der Waals surface area contributed by atoms with Gasteiger partial charge in [0.1, 0.15) is 5.82 Å². The molecule has 0 bridgehead atoms. The van der Waals surface area contributed by atoms with E-state index in [1.54, 1.807) is 24.3 Å². The molecule has 0 spiro atoms. The molecule has 0 aliphatic heterocycles. The third-order valence-electron chi connectivity index (χ3n) is 2.79. The number of anilines is 2.